The van der Waals surface area contributed by atoms with Crippen molar-refractivity contribution in [3.8, 4) is 5.75 Å². The minimum absolute atomic E-state index is 0.0603. The Morgan fingerprint density at radius 3 is 2.66 bits per heavy atom. The number of carbonyl (C=O) groups is 3. The first-order chi connectivity index (χ1) is 16.9. The number of fused-ring (bicyclic) bond motifs is 1. The zero-order valence-corrected chi connectivity index (χ0v) is 19.8. The highest BCUT2D eigenvalue weighted by Crippen LogP contribution is 2.31. The van der Waals surface area contributed by atoms with E-state index in [2.05, 4.69) is 20.6 Å². The average molecular weight is 484 g/mol. The van der Waals surface area contributed by atoms with E-state index in [0.29, 0.717) is 44.2 Å². The van der Waals surface area contributed by atoms with Crippen LogP contribution in [0.3, 0.4) is 0 Å². The molecule has 1 aromatic carbocycles. The lowest BCUT2D eigenvalue weighted by Gasteiger charge is -2.32. The lowest BCUT2D eigenvalue weighted by molar-refractivity contribution is -0.148. The maximum absolute atomic E-state index is 13.1. The van der Waals surface area contributed by atoms with Gasteiger partial charge in [0.25, 0.3) is 5.56 Å². The van der Waals surface area contributed by atoms with Crippen molar-refractivity contribution in [2.75, 3.05) is 41.8 Å². The molecule has 1 fully saturated rings. The summed E-state index contributed by atoms with van der Waals surface area (Å²) in [5, 5.41) is 5.38. The van der Waals surface area contributed by atoms with Crippen molar-refractivity contribution in [1.82, 2.24) is 9.97 Å². The molecular formula is C24H29N5O6. The predicted octanol–water partition coefficient (Wildman–Crippen LogP) is 2.01. The number of benzene rings is 1. The number of aromatic amines is 1. The standard InChI is InChI=1S/C24H29N5O6/c1-3-34-16-9-7-15(8-10-16)25-21(31)17-12-18(30)26-20-19(17)22(32)28-24(27-20)29-11-5-6-14(13-29)23(33)35-4-2/h7-10,14,17H,3-6,11-13H2,1-2H3,(H,25,31)(H2,26,27,28,30,32). The molecule has 2 atom stereocenters. The van der Waals surface area contributed by atoms with Crippen LogP contribution in [-0.2, 0) is 19.1 Å². The Bertz CT molecular complexity index is 1160. The van der Waals surface area contributed by atoms with E-state index in [1.54, 1.807) is 36.1 Å². The van der Waals surface area contributed by atoms with E-state index in [-0.39, 0.29) is 35.6 Å². The highest BCUT2D eigenvalue weighted by Gasteiger charge is 2.36. The van der Waals surface area contributed by atoms with Crippen LogP contribution in [0.1, 0.15) is 44.6 Å². The topological polar surface area (TPSA) is 143 Å². The first kappa shape index (κ1) is 24.2. The number of rotatable bonds is 7. The second kappa shape index (κ2) is 10.6. The van der Waals surface area contributed by atoms with Crippen LogP contribution >= 0.6 is 0 Å². The summed E-state index contributed by atoms with van der Waals surface area (Å²) in [5.74, 6) is -1.51. The molecule has 186 valence electrons. The number of ether oxygens (including phenoxy) is 2. The fraction of sp³-hybridized carbons (Fsp3) is 0.458. The number of aromatic nitrogens is 2. The van der Waals surface area contributed by atoms with E-state index in [9.17, 15) is 19.2 Å². The van der Waals surface area contributed by atoms with Crippen LogP contribution < -0.4 is 25.8 Å². The smallest absolute Gasteiger partial charge is 0.310 e. The number of esters is 1. The molecule has 4 rings (SSSR count). The molecule has 2 amide bonds. The van der Waals surface area contributed by atoms with Gasteiger partial charge in [-0.15, -0.1) is 0 Å². The summed E-state index contributed by atoms with van der Waals surface area (Å²) in [7, 11) is 0. The summed E-state index contributed by atoms with van der Waals surface area (Å²) < 4.78 is 10.5. The minimum Gasteiger partial charge on any atom is -0.494 e. The van der Waals surface area contributed by atoms with Gasteiger partial charge in [-0.05, 0) is 51.0 Å². The molecule has 35 heavy (non-hydrogen) atoms. The number of piperidine rings is 1. The quantitative estimate of drug-likeness (QED) is 0.508. The van der Waals surface area contributed by atoms with Gasteiger partial charge in [0.05, 0.1) is 30.6 Å². The van der Waals surface area contributed by atoms with E-state index in [1.165, 1.54) is 0 Å². The van der Waals surface area contributed by atoms with Gasteiger partial charge in [0.15, 0.2) is 0 Å². The fourth-order valence-electron chi connectivity index (χ4n) is 4.39. The molecule has 2 aliphatic rings. The van der Waals surface area contributed by atoms with Crippen LogP contribution in [0.5, 0.6) is 5.75 Å². The van der Waals surface area contributed by atoms with E-state index >= 15 is 0 Å². The SMILES string of the molecule is CCOC(=O)C1CCCN(c2nc3c(c(=O)[nH]2)C(C(=O)Nc2ccc(OCC)cc2)CC(=O)N3)C1. The molecule has 0 bridgehead atoms. The number of carbonyl (C=O) groups excluding carboxylic acids is 3. The molecule has 11 nitrogen and oxygen atoms in total. The fourth-order valence-corrected chi connectivity index (χ4v) is 4.39. The molecule has 1 aromatic heterocycles. The molecule has 2 unspecified atom stereocenters. The summed E-state index contributed by atoms with van der Waals surface area (Å²) in [6.07, 6.45) is 1.24. The Morgan fingerprint density at radius 1 is 1.17 bits per heavy atom. The number of hydrogen-bond donors (Lipinski definition) is 3. The Hall–Kier alpha value is -3.89. The second-order valence-corrected chi connectivity index (χ2v) is 8.44. The average Bonchev–Trinajstić information content (AvgIpc) is 2.84. The summed E-state index contributed by atoms with van der Waals surface area (Å²) in [5.41, 5.74) is 0.121. The molecule has 0 spiro atoms. The van der Waals surface area contributed by atoms with Crippen LogP contribution in [0.2, 0.25) is 0 Å². The van der Waals surface area contributed by atoms with E-state index in [1.807, 2.05) is 6.92 Å². The largest absolute Gasteiger partial charge is 0.494 e. The van der Waals surface area contributed by atoms with Gasteiger partial charge in [0, 0.05) is 25.2 Å². The third kappa shape index (κ3) is 5.44. The van der Waals surface area contributed by atoms with Gasteiger partial charge in [-0.2, -0.15) is 4.98 Å². The minimum atomic E-state index is -0.996. The maximum Gasteiger partial charge on any atom is 0.310 e. The number of H-pyrrole nitrogens is 1. The summed E-state index contributed by atoms with van der Waals surface area (Å²) in [4.78, 5) is 59.7. The molecule has 2 aromatic rings. The first-order valence-electron chi connectivity index (χ1n) is 11.8. The molecule has 11 heteroatoms. The van der Waals surface area contributed by atoms with E-state index in [4.69, 9.17) is 9.47 Å². The van der Waals surface area contributed by atoms with Crippen molar-refractivity contribution in [3.05, 3.63) is 40.2 Å². The number of hydrogen-bond acceptors (Lipinski definition) is 8. The van der Waals surface area contributed by atoms with Crippen molar-refractivity contribution < 1.29 is 23.9 Å². The van der Waals surface area contributed by atoms with Crippen molar-refractivity contribution in [3.63, 3.8) is 0 Å². The van der Waals surface area contributed by atoms with Gasteiger partial charge in [0.1, 0.15) is 11.6 Å². The summed E-state index contributed by atoms with van der Waals surface area (Å²) in [6, 6.07) is 6.83. The summed E-state index contributed by atoms with van der Waals surface area (Å²) >= 11 is 0. The highest BCUT2D eigenvalue weighted by atomic mass is 16.5. The maximum atomic E-state index is 13.1. The Balaban J connectivity index is 1.55. The first-order valence-corrected chi connectivity index (χ1v) is 11.8. The Morgan fingerprint density at radius 2 is 1.94 bits per heavy atom. The molecule has 0 aliphatic carbocycles. The van der Waals surface area contributed by atoms with Crippen LogP contribution in [0, 0.1) is 5.92 Å². The third-order valence-electron chi connectivity index (χ3n) is 6.03. The third-order valence-corrected chi connectivity index (χ3v) is 6.03. The van der Waals surface area contributed by atoms with Gasteiger partial charge < -0.3 is 25.0 Å². The molecule has 3 heterocycles. The van der Waals surface area contributed by atoms with Crippen molar-refractivity contribution >= 4 is 35.2 Å². The monoisotopic (exact) mass is 483 g/mol. The van der Waals surface area contributed by atoms with E-state index < -0.39 is 23.3 Å². The lowest BCUT2D eigenvalue weighted by Crippen LogP contribution is -2.42. The highest BCUT2D eigenvalue weighted by molar-refractivity contribution is 6.04. The van der Waals surface area contributed by atoms with Crippen LogP contribution in [0.15, 0.2) is 29.1 Å². The Kier molecular flexibility index (Phi) is 7.33. The zero-order chi connectivity index (χ0) is 24.9. The normalized spacial score (nSPS) is 19.4. The van der Waals surface area contributed by atoms with Crippen molar-refractivity contribution in [1.29, 1.82) is 0 Å². The lowest BCUT2D eigenvalue weighted by atomic mass is 9.92. The van der Waals surface area contributed by atoms with Crippen molar-refractivity contribution in [2.45, 2.75) is 39.0 Å². The number of nitrogens with zero attached hydrogens (tertiary/aromatic N) is 2. The number of nitrogens with one attached hydrogen (secondary N) is 3. The molecule has 0 saturated carbocycles. The van der Waals surface area contributed by atoms with Gasteiger partial charge in [-0.3, -0.25) is 24.2 Å². The molecule has 3 N–H and O–H groups in total. The zero-order valence-electron chi connectivity index (χ0n) is 19.8. The second-order valence-electron chi connectivity index (χ2n) is 8.44. The summed E-state index contributed by atoms with van der Waals surface area (Å²) in [6.45, 7) is 5.39. The van der Waals surface area contributed by atoms with Crippen LogP contribution in [0.25, 0.3) is 0 Å². The number of amides is 2. The molecule has 1 saturated heterocycles. The Labute approximate surface area is 202 Å². The van der Waals surface area contributed by atoms with Gasteiger partial charge in [-0.25, -0.2) is 0 Å². The molecule has 0 radical (unpaired) electrons. The van der Waals surface area contributed by atoms with E-state index in [0.717, 1.165) is 6.42 Å². The number of anilines is 3. The van der Waals surface area contributed by atoms with Crippen LogP contribution in [-0.4, -0.2) is 54.1 Å². The molecular weight excluding hydrogens is 454 g/mol. The van der Waals surface area contributed by atoms with Gasteiger partial charge in [-0.1, -0.05) is 0 Å². The predicted molar refractivity (Wildman–Crippen MR) is 129 cm³/mol. The molecule has 2 aliphatic heterocycles. The van der Waals surface area contributed by atoms with Crippen LogP contribution in [0.4, 0.5) is 17.5 Å². The van der Waals surface area contributed by atoms with Gasteiger partial charge >= 0.3 is 5.97 Å². The van der Waals surface area contributed by atoms with Crippen molar-refractivity contribution in [2.24, 2.45) is 5.92 Å². The van der Waals surface area contributed by atoms with Gasteiger partial charge in [0.2, 0.25) is 17.8 Å².